The van der Waals surface area contributed by atoms with Crippen LogP contribution >= 0.6 is 11.3 Å². The minimum Gasteiger partial charge on any atom is -0.341 e. The van der Waals surface area contributed by atoms with Gasteiger partial charge < -0.3 is 4.90 Å². The van der Waals surface area contributed by atoms with E-state index in [1.807, 2.05) is 25.3 Å². The van der Waals surface area contributed by atoms with E-state index < -0.39 is 10.0 Å². The highest BCUT2D eigenvalue weighted by Gasteiger charge is 2.33. The number of aryl methyl sites for hydroxylation is 2. The minimum absolute atomic E-state index is 0.447. The van der Waals surface area contributed by atoms with Crippen LogP contribution in [-0.4, -0.2) is 72.9 Å². The molecule has 0 bridgehead atoms. The van der Waals surface area contributed by atoms with Crippen molar-refractivity contribution >= 4 is 27.3 Å². The zero-order valence-corrected chi connectivity index (χ0v) is 18.0. The van der Waals surface area contributed by atoms with Crippen molar-refractivity contribution < 1.29 is 8.42 Å². The largest absolute Gasteiger partial charge is 0.341 e. The molecule has 7 nitrogen and oxygen atoms in total. The number of nitrogens with zero attached hydrogens (tertiary/aromatic N) is 5. The first kappa shape index (κ1) is 19.8. The Kier molecular flexibility index (Phi) is 5.69. The highest BCUT2D eigenvalue weighted by Crippen LogP contribution is 2.25. The zero-order valence-electron chi connectivity index (χ0n) is 16.4. The molecule has 9 heteroatoms. The van der Waals surface area contributed by atoms with E-state index in [-0.39, 0.29) is 0 Å². The van der Waals surface area contributed by atoms with Crippen molar-refractivity contribution in [1.29, 1.82) is 0 Å². The molecule has 2 aromatic heterocycles. The van der Waals surface area contributed by atoms with E-state index in [1.165, 1.54) is 11.3 Å². The normalized spacial score (nSPS) is 20.6. The lowest BCUT2D eigenvalue weighted by molar-refractivity contribution is 0.119. The quantitative estimate of drug-likeness (QED) is 0.753. The molecule has 0 radical (unpaired) electrons. The fraction of sp³-hybridized carbons (Fsp3) is 0.579. The topological polar surface area (TPSA) is 69.6 Å². The number of thiophene rings is 1. The van der Waals surface area contributed by atoms with Crippen LogP contribution in [0.3, 0.4) is 0 Å². The molecule has 0 saturated carbocycles. The molecule has 0 unspecified atom stereocenters. The van der Waals surface area contributed by atoms with E-state index in [0.29, 0.717) is 23.3 Å². The molecule has 0 amide bonds. The Morgan fingerprint density at radius 2 is 1.64 bits per heavy atom. The molecule has 2 aromatic rings. The summed E-state index contributed by atoms with van der Waals surface area (Å²) in [5, 5.41) is 1.82. The third kappa shape index (κ3) is 4.07. The zero-order chi connectivity index (χ0) is 19.7. The van der Waals surface area contributed by atoms with E-state index in [2.05, 4.69) is 19.8 Å². The molecule has 0 spiro atoms. The third-order valence-corrected chi connectivity index (χ3v) is 8.87. The van der Waals surface area contributed by atoms with E-state index in [0.717, 1.165) is 56.4 Å². The Morgan fingerprint density at radius 1 is 1.00 bits per heavy atom. The summed E-state index contributed by atoms with van der Waals surface area (Å²) in [7, 11) is -3.33. The van der Waals surface area contributed by atoms with Crippen molar-refractivity contribution in [3.05, 3.63) is 35.0 Å². The highest BCUT2D eigenvalue weighted by molar-refractivity contribution is 7.91. The number of hydrogen-bond acceptors (Lipinski definition) is 7. The molecule has 28 heavy (non-hydrogen) atoms. The lowest BCUT2D eigenvalue weighted by atomic mass is 10.0. The summed E-state index contributed by atoms with van der Waals surface area (Å²) >= 11 is 1.29. The van der Waals surface area contributed by atoms with Crippen molar-refractivity contribution in [3.63, 3.8) is 0 Å². The van der Waals surface area contributed by atoms with Gasteiger partial charge in [0, 0.05) is 56.7 Å². The van der Waals surface area contributed by atoms with Crippen LogP contribution in [0, 0.1) is 13.8 Å². The van der Waals surface area contributed by atoms with Crippen LogP contribution in [0.5, 0.6) is 0 Å². The SMILES string of the molecule is Cc1cc(C)nc(N2CCC(N3CCN(S(=O)(=O)c4cccs4)CC3)CC2)n1. The maximum atomic E-state index is 12.7. The van der Waals surface area contributed by atoms with Crippen LogP contribution in [0.25, 0.3) is 0 Å². The molecule has 2 fully saturated rings. The second-order valence-electron chi connectivity index (χ2n) is 7.54. The molecule has 2 aliphatic heterocycles. The van der Waals surface area contributed by atoms with Crippen molar-refractivity contribution in [2.75, 3.05) is 44.2 Å². The summed E-state index contributed by atoms with van der Waals surface area (Å²) in [5.41, 5.74) is 2.01. The maximum Gasteiger partial charge on any atom is 0.252 e. The van der Waals surface area contributed by atoms with E-state index >= 15 is 0 Å². The van der Waals surface area contributed by atoms with Crippen LogP contribution in [0.1, 0.15) is 24.2 Å². The molecule has 152 valence electrons. The summed E-state index contributed by atoms with van der Waals surface area (Å²) in [5.74, 6) is 0.836. The van der Waals surface area contributed by atoms with Crippen LogP contribution in [-0.2, 0) is 10.0 Å². The fourth-order valence-electron chi connectivity index (χ4n) is 4.13. The number of piperidine rings is 1. The van der Waals surface area contributed by atoms with Gasteiger partial charge in [-0.15, -0.1) is 11.3 Å². The molecular formula is C19H27N5O2S2. The van der Waals surface area contributed by atoms with Gasteiger partial charge in [-0.25, -0.2) is 18.4 Å². The van der Waals surface area contributed by atoms with Gasteiger partial charge in [-0.2, -0.15) is 4.31 Å². The van der Waals surface area contributed by atoms with Gasteiger partial charge >= 0.3 is 0 Å². The van der Waals surface area contributed by atoms with Gasteiger partial charge in [0.1, 0.15) is 4.21 Å². The van der Waals surface area contributed by atoms with Crippen LogP contribution in [0.2, 0.25) is 0 Å². The molecule has 4 heterocycles. The first-order valence-electron chi connectivity index (χ1n) is 9.78. The summed E-state index contributed by atoms with van der Waals surface area (Å²) in [6.07, 6.45) is 2.13. The Balaban J connectivity index is 1.32. The standard InChI is InChI=1S/C19H27N5O2S2/c1-15-14-16(2)21-19(20-15)23-7-5-17(6-8-23)22-9-11-24(12-10-22)28(25,26)18-4-3-13-27-18/h3-4,13-14,17H,5-12H2,1-2H3. The van der Waals surface area contributed by atoms with Crippen LogP contribution in [0.15, 0.2) is 27.8 Å². The first-order valence-corrected chi connectivity index (χ1v) is 12.1. The fourth-order valence-corrected chi connectivity index (χ4v) is 6.69. The molecule has 0 aromatic carbocycles. The van der Waals surface area contributed by atoms with Gasteiger partial charge in [-0.05, 0) is 44.2 Å². The molecule has 2 aliphatic rings. The number of hydrogen-bond donors (Lipinski definition) is 0. The number of rotatable bonds is 4. The maximum absolute atomic E-state index is 12.7. The van der Waals surface area contributed by atoms with Crippen molar-refractivity contribution in [1.82, 2.24) is 19.2 Å². The van der Waals surface area contributed by atoms with Crippen molar-refractivity contribution in [2.24, 2.45) is 0 Å². The summed E-state index contributed by atoms with van der Waals surface area (Å²) in [6.45, 7) is 8.65. The second kappa shape index (κ2) is 8.06. The second-order valence-corrected chi connectivity index (χ2v) is 10.7. The lowest BCUT2D eigenvalue weighted by Crippen LogP contribution is -2.54. The third-order valence-electron chi connectivity index (χ3n) is 5.60. The average Bonchev–Trinajstić information content (AvgIpc) is 3.23. The van der Waals surface area contributed by atoms with Gasteiger partial charge in [0.25, 0.3) is 10.0 Å². The molecule has 4 rings (SSSR count). The van der Waals surface area contributed by atoms with E-state index in [4.69, 9.17) is 0 Å². The number of aromatic nitrogens is 2. The predicted octanol–water partition coefficient (Wildman–Crippen LogP) is 2.13. The summed E-state index contributed by atoms with van der Waals surface area (Å²) in [4.78, 5) is 13.9. The first-order chi connectivity index (χ1) is 13.4. The Bertz CT molecular complexity index is 880. The molecular weight excluding hydrogens is 394 g/mol. The molecule has 0 atom stereocenters. The Hall–Kier alpha value is -1.55. The minimum atomic E-state index is -3.33. The lowest BCUT2D eigenvalue weighted by Gasteiger charge is -2.42. The number of sulfonamides is 1. The van der Waals surface area contributed by atoms with Gasteiger partial charge in [0.05, 0.1) is 0 Å². The number of anilines is 1. The molecule has 0 aliphatic carbocycles. The number of piperazine rings is 1. The monoisotopic (exact) mass is 421 g/mol. The predicted molar refractivity (Wildman–Crippen MR) is 111 cm³/mol. The van der Waals surface area contributed by atoms with Gasteiger partial charge in [-0.1, -0.05) is 6.07 Å². The van der Waals surface area contributed by atoms with Crippen molar-refractivity contribution in [3.8, 4) is 0 Å². The Labute approximate surface area is 171 Å². The van der Waals surface area contributed by atoms with Gasteiger partial charge in [-0.3, -0.25) is 4.90 Å². The van der Waals surface area contributed by atoms with Gasteiger partial charge in [0.15, 0.2) is 0 Å². The van der Waals surface area contributed by atoms with Crippen LogP contribution in [0.4, 0.5) is 5.95 Å². The highest BCUT2D eigenvalue weighted by atomic mass is 32.2. The average molecular weight is 422 g/mol. The summed E-state index contributed by atoms with van der Waals surface area (Å²) in [6, 6.07) is 5.99. The van der Waals surface area contributed by atoms with Gasteiger partial charge in [0.2, 0.25) is 5.95 Å². The summed E-state index contributed by atoms with van der Waals surface area (Å²) < 4.78 is 27.4. The molecule has 0 N–H and O–H groups in total. The van der Waals surface area contributed by atoms with Crippen LogP contribution < -0.4 is 4.90 Å². The Morgan fingerprint density at radius 3 is 2.21 bits per heavy atom. The van der Waals surface area contributed by atoms with Crippen molar-refractivity contribution in [2.45, 2.75) is 36.9 Å². The van der Waals surface area contributed by atoms with E-state index in [9.17, 15) is 8.42 Å². The molecule has 2 saturated heterocycles. The smallest absolute Gasteiger partial charge is 0.252 e. The van der Waals surface area contributed by atoms with E-state index in [1.54, 1.807) is 16.4 Å².